The number of hydrogen-bond acceptors (Lipinski definition) is 5. The van der Waals surface area contributed by atoms with Gasteiger partial charge >= 0.3 is 0 Å². The molecule has 7 heteroatoms. The van der Waals surface area contributed by atoms with Gasteiger partial charge in [0.1, 0.15) is 5.02 Å². The van der Waals surface area contributed by atoms with Crippen molar-refractivity contribution in [1.82, 2.24) is 4.98 Å². The van der Waals surface area contributed by atoms with E-state index in [2.05, 4.69) is 10.1 Å². The van der Waals surface area contributed by atoms with Crippen molar-refractivity contribution in [3.8, 4) is 5.88 Å². The number of ether oxygens (including phenoxy) is 2. The van der Waals surface area contributed by atoms with Gasteiger partial charge in [-0.2, -0.15) is 0 Å². The Hall–Kier alpha value is -1.53. The molecule has 98 valence electrons. The topological polar surface area (TPSA) is 90.0 Å². The Bertz CT molecular complexity index is 447. The standard InChI is InChI=1S/C11H14ClN3O3/c12-9-8(10(13)15-16)1-3-14-11(9)18-6-7-2-4-17-5-7/h1,3,7,16H,2,4-6H2,(H2,13,15). The summed E-state index contributed by atoms with van der Waals surface area (Å²) in [6, 6.07) is 1.56. The van der Waals surface area contributed by atoms with Gasteiger partial charge in [-0.15, -0.1) is 0 Å². The summed E-state index contributed by atoms with van der Waals surface area (Å²) in [6.45, 7) is 1.95. The summed E-state index contributed by atoms with van der Waals surface area (Å²) in [5.74, 6) is 0.569. The Kier molecular flexibility index (Phi) is 4.22. The SMILES string of the molecule is N/C(=N/O)c1ccnc(OCC2CCOC2)c1Cl. The second-order valence-electron chi connectivity index (χ2n) is 4.00. The smallest absolute Gasteiger partial charge is 0.233 e. The number of pyridine rings is 1. The molecule has 1 saturated heterocycles. The summed E-state index contributed by atoms with van der Waals surface area (Å²) >= 11 is 6.08. The maximum Gasteiger partial charge on any atom is 0.233 e. The van der Waals surface area contributed by atoms with Crippen molar-refractivity contribution in [1.29, 1.82) is 0 Å². The molecule has 0 aliphatic carbocycles. The van der Waals surface area contributed by atoms with Crippen molar-refractivity contribution >= 4 is 17.4 Å². The van der Waals surface area contributed by atoms with E-state index in [9.17, 15) is 0 Å². The monoisotopic (exact) mass is 271 g/mol. The van der Waals surface area contributed by atoms with E-state index in [1.807, 2.05) is 0 Å². The third kappa shape index (κ3) is 2.83. The predicted molar refractivity (Wildman–Crippen MR) is 66.2 cm³/mol. The van der Waals surface area contributed by atoms with E-state index >= 15 is 0 Å². The highest BCUT2D eigenvalue weighted by atomic mass is 35.5. The molecule has 1 aromatic heterocycles. The van der Waals surface area contributed by atoms with Crippen LogP contribution in [0.5, 0.6) is 5.88 Å². The molecular weight excluding hydrogens is 258 g/mol. The number of aromatic nitrogens is 1. The summed E-state index contributed by atoms with van der Waals surface area (Å²) in [5, 5.41) is 11.8. The van der Waals surface area contributed by atoms with Crippen molar-refractivity contribution < 1.29 is 14.7 Å². The largest absolute Gasteiger partial charge is 0.476 e. The Labute approximate surface area is 109 Å². The van der Waals surface area contributed by atoms with Crippen molar-refractivity contribution in [2.75, 3.05) is 19.8 Å². The zero-order valence-corrected chi connectivity index (χ0v) is 10.4. The van der Waals surface area contributed by atoms with Gasteiger partial charge in [0.15, 0.2) is 5.84 Å². The Balaban J connectivity index is 2.08. The molecule has 1 fully saturated rings. The van der Waals surface area contributed by atoms with E-state index in [0.29, 0.717) is 24.7 Å². The first-order chi connectivity index (χ1) is 8.72. The fraction of sp³-hybridized carbons (Fsp3) is 0.455. The van der Waals surface area contributed by atoms with Gasteiger partial charge in [0, 0.05) is 24.3 Å². The number of oxime groups is 1. The molecule has 2 heterocycles. The van der Waals surface area contributed by atoms with Crippen molar-refractivity contribution in [3.05, 3.63) is 22.8 Å². The van der Waals surface area contributed by atoms with Gasteiger partial charge in [0.25, 0.3) is 0 Å². The van der Waals surface area contributed by atoms with E-state index in [-0.39, 0.29) is 16.7 Å². The Morgan fingerprint density at radius 3 is 3.22 bits per heavy atom. The van der Waals surface area contributed by atoms with Gasteiger partial charge in [-0.25, -0.2) is 4.98 Å². The Morgan fingerprint density at radius 1 is 1.72 bits per heavy atom. The molecule has 18 heavy (non-hydrogen) atoms. The van der Waals surface area contributed by atoms with Gasteiger partial charge in [-0.1, -0.05) is 16.8 Å². The minimum absolute atomic E-state index is 0.0727. The van der Waals surface area contributed by atoms with Crippen LogP contribution >= 0.6 is 11.6 Å². The molecule has 0 saturated carbocycles. The molecule has 2 rings (SSSR count). The fourth-order valence-corrected chi connectivity index (χ4v) is 1.95. The molecule has 0 spiro atoms. The highest BCUT2D eigenvalue weighted by Crippen LogP contribution is 2.26. The van der Waals surface area contributed by atoms with Crippen LogP contribution in [0.15, 0.2) is 17.4 Å². The molecule has 1 aromatic rings. The first-order valence-electron chi connectivity index (χ1n) is 5.55. The normalized spacial score (nSPS) is 20.1. The second kappa shape index (κ2) is 5.88. The summed E-state index contributed by atoms with van der Waals surface area (Å²) < 4.78 is 10.8. The van der Waals surface area contributed by atoms with Gasteiger partial charge in [0.05, 0.1) is 13.2 Å². The van der Waals surface area contributed by atoms with E-state index < -0.39 is 0 Å². The van der Waals surface area contributed by atoms with Crippen LogP contribution in [0.25, 0.3) is 0 Å². The number of amidine groups is 1. The lowest BCUT2D eigenvalue weighted by atomic mass is 10.1. The summed E-state index contributed by atoms with van der Waals surface area (Å²) in [7, 11) is 0. The van der Waals surface area contributed by atoms with Crippen LogP contribution in [-0.2, 0) is 4.74 Å². The highest BCUT2D eigenvalue weighted by Gasteiger charge is 2.18. The maximum atomic E-state index is 8.63. The lowest BCUT2D eigenvalue weighted by Gasteiger charge is -2.12. The van der Waals surface area contributed by atoms with Crippen LogP contribution in [0.4, 0.5) is 0 Å². The van der Waals surface area contributed by atoms with Crippen LogP contribution < -0.4 is 10.5 Å². The van der Waals surface area contributed by atoms with Crippen LogP contribution in [0.1, 0.15) is 12.0 Å². The fourth-order valence-electron chi connectivity index (χ4n) is 1.69. The number of rotatable bonds is 4. The minimum Gasteiger partial charge on any atom is -0.476 e. The Morgan fingerprint density at radius 2 is 2.56 bits per heavy atom. The van der Waals surface area contributed by atoms with Gasteiger partial charge < -0.3 is 20.4 Å². The molecular formula is C11H14ClN3O3. The minimum atomic E-state index is -0.0727. The zero-order valence-electron chi connectivity index (χ0n) is 9.67. The molecule has 1 aliphatic rings. The lowest BCUT2D eigenvalue weighted by molar-refractivity contribution is 0.165. The van der Waals surface area contributed by atoms with E-state index in [4.69, 9.17) is 32.0 Å². The van der Waals surface area contributed by atoms with Crippen LogP contribution in [0.2, 0.25) is 5.02 Å². The molecule has 1 aliphatic heterocycles. The summed E-state index contributed by atoms with van der Waals surface area (Å²) in [6.07, 6.45) is 2.47. The van der Waals surface area contributed by atoms with Gasteiger partial charge in [-0.3, -0.25) is 0 Å². The van der Waals surface area contributed by atoms with Crippen LogP contribution in [0.3, 0.4) is 0 Å². The average molecular weight is 272 g/mol. The van der Waals surface area contributed by atoms with Crippen molar-refractivity contribution in [2.24, 2.45) is 16.8 Å². The van der Waals surface area contributed by atoms with Crippen LogP contribution in [-0.4, -0.2) is 35.8 Å². The molecule has 0 bridgehead atoms. The molecule has 0 aromatic carbocycles. The first kappa shape index (κ1) is 12.9. The second-order valence-corrected chi connectivity index (χ2v) is 4.38. The third-order valence-electron chi connectivity index (χ3n) is 2.72. The number of nitrogens with two attached hydrogens (primary N) is 1. The van der Waals surface area contributed by atoms with E-state index in [0.717, 1.165) is 13.0 Å². The number of hydrogen-bond donors (Lipinski definition) is 2. The molecule has 1 atom stereocenters. The number of halogens is 1. The van der Waals surface area contributed by atoms with Crippen molar-refractivity contribution in [2.45, 2.75) is 6.42 Å². The number of nitrogens with zero attached hydrogens (tertiary/aromatic N) is 2. The average Bonchev–Trinajstić information content (AvgIpc) is 2.90. The molecule has 1 unspecified atom stereocenters. The maximum absolute atomic E-state index is 8.63. The van der Waals surface area contributed by atoms with Crippen LogP contribution in [0, 0.1) is 5.92 Å². The van der Waals surface area contributed by atoms with Crippen molar-refractivity contribution in [3.63, 3.8) is 0 Å². The van der Waals surface area contributed by atoms with Gasteiger partial charge in [0.2, 0.25) is 5.88 Å². The summed E-state index contributed by atoms with van der Waals surface area (Å²) in [5.41, 5.74) is 5.89. The quantitative estimate of drug-likeness (QED) is 0.372. The highest BCUT2D eigenvalue weighted by molar-refractivity contribution is 6.35. The predicted octanol–water partition coefficient (Wildman–Crippen LogP) is 1.24. The molecule has 6 nitrogen and oxygen atoms in total. The van der Waals surface area contributed by atoms with Gasteiger partial charge in [-0.05, 0) is 12.5 Å². The molecule has 0 amide bonds. The third-order valence-corrected chi connectivity index (χ3v) is 3.09. The lowest BCUT2D eigenvalue weighted by Crippen LogP contribution is -2.16. The van der Waals surface area contributed by atoms with E-state index in [1.165, 1.54) is 6.20 Å². The molecule has 3 N–H and O–H groups in total. The summed E-state index contributed by atoms with van der Waals surface area (Å²) in [4.78, 5) is 4.03. The zero-order chi connectivity index (χ0) is 13.0. The first-order valence-corrected chi connectivity index (χ1v) is 5.93. The molecule has 0 radical (unpaired) electrons. The van der Waals surface area contributed by atoms with E-state index in [1.54, 1.807) is 6.07 Å².